The molecular weight excluding hydrogens is 326 g/mol. The van der Waals surface area contributed by atoms with Gasteiger partial charge in [0, 0.05) is 25.6 Å². The molecule has 0 saturated carbocycles. The first-order chi connectivity index (χ1) is 11.7. The van der Waals surface area contributed by atoms with E-state index in [0.29, 0.717) is 18.2 Å². The molecule has 8 nitrogen and oxygen atoms in total. The molecule has 0 unspecified atom stereocenters. The lowest BCUT2D eigenvalue weighted by Gasteiger charge is -2.31. The minimum atomic E-state index is 0.241. The van der Waals surface area contributed by atoms with Crippen LogP contribution in [0.3, 0.4) is 0 Å². The summed E-state index contributed by atoms with van der Waals surface area (Å²) in [6.07, 6.45) is 7.06. The Kier molecular flexibility index (Phi) is 5.49. The summed E-state index contributed by atoms with van der Waals surface area (Å²) >= 11 is 1.58. The van der Waals surface area contributed by atoms with E-state index in [4.69, 9.17) is 0 Å². The van der Waals surface area contributed by atoms with Gasteiger partial charge in [-0.25, -0.2) is 9.67 Å². The molecule has 3 rings (SSSR count). The fraction of sp³-hybridized carbons (Fsp3) is 0.667. The number of rotatable bonds is 6. The van der Waals surface area contributed by atoms with E-state index in [0.717, 1.165) is 44.1 Å². The van der Waals surface area contributed by atoms with Gasteiger partial charge in [-0.1, -0.05) is 0 Å². The van der Waals surface area contributed by atoms with Crippen molar-refractivity contribution in [1.29, 1.82) is 0 Å². The molecule has 0 spiro atoms. The summed E-state index contributed by atoms with van der Waals surface area (Å²) in [5.74, 6) is 3.10. The Hall–Kier alpha value is -1.90. The normalized spacial score (nSPS) is 15.8. The number of piperidine rings is 1. The van der Waals surface area contributed by atoms with Gasteiger partial charge < -0.3 is 9.47 Å². The Morgan fingerprint density at radius 2 is 2.12 bits per heavy atom. The fourth-order valence-electron chi connectivity index (χ4n) is 3.17. The Balaban J connectivity index is 1.67. The van der Waals surface area contributed by atoms with Crippen molar-refractivity contribution in [3.8, 4) is 0 Å². The van der Waals surface area contributed by atoms with Crippen LogP contribution >= 0.6 is 11.8 Å². The molecule has 1 aliphatic rings. The van der Waals surface area contributed by atoms with Gasteiger partial charge in [-0.2, -0.15) is 16.9 Å². The van der Waals surface area contributed by atoms with Crippen LogP contribution in [0.5, 0.6) is 0 Å². The molecule has 9 heteroatoms. The number of aromatic nitrogens is 6. The molecule has 130 valence electrons. The zero-order valence-corrected chi connectivity index (χ0v) is 14.9. The average molecular weight is 349 g/mol. The van der Waals surface area contributed by atoms with Crippen molar-refractivity contribution < 1.29 is 4.79 Å². The van der Waals surface area contributed by atoms with Gasteiger partial charge in [-0.3, -0.25) is 4.79 Å². The summed E-state index contributed by atoms with van der Waals surface area (Å²) in [4.78, 5) is 17.9. The lowest BCUT2D eigenvalue weighted by atomic mass is 9.96. The quantitative estimate of drug-likeness (QED) is 0.774. The fourth-order valence-corrected chi connectivity index (χ4v) is 3.60. The van der Waals surface area contributed by atoms with E-state index in [1.807, 2.05) is 11.2 Å². The Labute approximate surface area is 145 Å². The summed E-state index contributed by atoms with van der Waals surface area (Å²) in [6.45, 7) is 5.12. The highest BCUT2D eigenvalue weighted by Crippen LogP contribution is 2.27. The molecule has 1 aliphatic heterocycles. The van der Waals surface area contributed by atoms with Crippen molar-refractivity contribution >= 4 is 17.7 Å². The van der Waals surface area contributed by atoms with Crippen molar-refractivity contribution in [3.05, 3.63) is 24.3 Å². The van der Waals surface area contributed by atoms with Crippen LogP contribution in [0.2, 0.25) is 0 Å². The molecular formula is C15H23N7OS. The third-order valence-electron chi connectivity index (χ3n) is 4.42. The van der Waals surface area contributed by atoms with Crippen LogP contribution in [-0.2, 0) is 17.9 Å². The highest BCUT2D eigenvalue weighted by atomic mass is 32.2. The maximum Gasteiger partial charge on any atom is 0.232 e. The molecule has 3 heterocycles. The summed E-state index contributed by atoms with van der Waals surface area (Å²) in [5.41, 5.74) is 0. The van der Waals surface area contributed by atoms with Crippen molar-refractivity contribution in [2.24, 2.45) is 0 Å². The minimum absolute atomic E-state index is 0.241. The number of nitrogens with zero attached hydrogens (tertiary/aromatic N) is 7. The zero-order chi connectivity index (χ0) is 16.9. The van der Waals surface area contributed by atoms with Gasteiger partial charge in [0.05, 0.1) is 5.75 Å². The number of amides is 1. The predicted molar refractivity (Wildman–Crippen MR) is 91.8 cm³/mol. The average Bonchev–Trinajstić information content (AvgIpc) is 3.25. The first-order valence-electron chi connectivity index (χ1n) is 8.24. The predicted octanol–water partition coefficient (Wildman–Crippen LogP) is 1.01. The van der Waals surface area contributed by atoms with Crippen LogP contribution < -0.4 is 0 Å². The van der Waals surface area contributed by atoms with E-state index >= 15 is 0 Å². The van der Waals surface area contributed by atoms with Gasteiger partial charge in [0.1, 0.15) is 25.0 Å². The molecule has 0 bridgehead atoms. The Bertz CT molecular complexity index is 661. The second-order valence-corrected chi connectivity index (χ2v) is 6.77. The van der Waals surface area contributed by atoms with Crippen LogP contribution in [-0.4, -0.2) is 65.4 Å². The molecule has 1 fully saturated rings. The van der Waals surface area contributed by atoms with Crippen molar-refractivity contribution in [2.45, 2.75) is 38.8 Å². The minimum Gasteiger partial charge on any atom is -0.342 e. The molecule has 0 aliphatic carbocycles. The summed E-state index contributed by atoms with van der Waals surface area (Å²) in [7, 11) is 0. The van der Waals surface area contributed by atoms with Gasteiger partial charge in [0.2, 0.25) is 5.91 Å². The molecule has 2 aromatic rings. The molecule has 0 N–H and O–H groups in total. The maximum atomic E-state index is 12.0. The van der Waals surface area contributed by atoms with E-state index in [1.165, 1.54) is 6.33 Å². The molecule has 1 amide bonds. The van der Waals surface area contributed by atoms with E-state index in [2.05, 4.69) is 31.8 Å². The molecule has 0 atom stereocenters. The van der Waals surface area contributed by atoms with Crippen LogP contribution in [0.4, 0.5) is 0 Å². The summed E-state index contributed by atoms with van der Waals surface area (Å²) in [6, 6.07) is 0. The molecule has 0 radical (unpaired) electrons. The van der Waals surface area contributed by atoms with Gasteiger partial charge in [0.15, 0.2) is 5.82 Å². The van der Waals surface area contributed by atoms with E-state index in [1.54, 1.807) is 22.8 Å². The number of hydrogen-bond donors (Lipinski definition) is 0. The van der Waals surface area contributed by atoms with Crippen molar-refractivity contribution in [2.75, 3.05) is 25.1 Å². The van der Waals surface area contributed by atoms with Gasteiger partial charge >= 0.3 is 0 Å². The number of thioether (sulfide) groups is 1. The number of likely N-dealkylation sites (tertiary alicyclic amines) is 1. The molecule has 0 aromatic carbocycles. The second kappa shape index (κ2) is 7.78. The van der Waals surface area contributed by atoms with E-state index in [-0.39, 0.29) is 5.91 Å². The summed E-state index contributed by atoms with van der Waals surface area (Å²) < 4.78 is 3.93. The van der Waals surface area contributed by atoms with Crippen molar-refractivity contribution in [1.82, 2.24) is 34.4 Å². The third kappa shape index (κ3) is 3.61. The lowest BCUT2D eigenvalue weighted by molar-refractivity contribution is -0.129. The smallest absolute Gasteiger partial charge is 0.232 e. The van der Waals surface area contributed by atoms with Gasteiger partial charge in [-0.15, -0.1) is 10.2 Å². The number of hydrogen-bond acceptors (Lipinski definition) is 6. The number of carbonyl (C=O) groups excluding carboxylic acids is 1. The number of carbonyl (C=O) groups is 1. The molecule has 24 heavy (non-hydrogen) atoms. The van der Waals surface area contributed by atoms with Crippen LogP contribution in [0.1, 0.15) is 37.3 Å². The van der Waals surface area contributed by atoms with Crippen molar-refractivity contribution in [3.63, 3.8) is 0 Å². The maximum absolute atomic E-state index is 12.0. The van der Waals surface area contributed by atoms with Crippen LogP contribution in [0.15, 0.2) is 12.7 Å². The first kappa shape index (κ1) is 16.9. The standard InChI is InChI=1S/C15H23N7OS/c1-3-22-13(8-21-11-16-10-17-21)18-19-15(22)12-4-6-20(7-5-12)14(23)9-24-2/h10-12H,3-9H2,1-2H3. The van der Waals surface area contributed by atoms with Gasteiger partial charge in [0.25, 0.3) is 0 Å². The largest absolute Gasteiger partial charge is 0.342 e. The van der Waals surface area contributed by atoms with Crippen LogP contribution in [0, 0.1) is 0 Å². The highest BCUT2D eigenvalue weighted by molar-refractivity contribution is 7.99. The lowest BCUT2D eigenvalue weighted by Crippen LogP contribution is -2.39. The Morgan fingerprint density at radius 1 is 1.33 bits per heavy atom. The summed E-state index contributed by atoms with van der Waals surface area (Å²) in [5, 5.41) is 12.9. The van der Waals surface area contributed by atoms with E-state index in [9.17, 15) is 4.79 Å². The molecule has 2 aromatic heterocycles. The van der Waals surface area contributed by atoms with E-state index < -0.39 is 0 Å². The Morgan fingerprint density at radius 3 is 2.75 bits per heavy atom. The highest BCUT2D eigenvalue weighted by Gasteiger charge is 2.27. The first-order valence-corrected chi connectivity index (χ1v) is 9.63. The van der Waals surface area contributed by atoms with Gasteiger partial charge in [-0.05, 0) is 26.0 Å². The monoisotopic (exact) mass is 349 g/mol. The SMILES string of the molecule is CCn1c(Cn2cncn2)nnc1C1CCN(C(=O)CSC)CC1. The third-order valence-corrected chi connectivity index (χ3v) is 4.96. The molecule has 1 saturated heterocycles. The second-order valence-electron chi connectivity index (χ2n) is 5.90. The zero-order valence-electron chi connectivity index (χ0n) is 14.1. The topological polar surface area (TPSA) is 81.7 Å². The van der Waals surface area contributed by atoms with Crippen LogP contribution in [0.25, 0.3) is 0 Å².